The predicted molar refractivity (Wildman–Crippen MR) is 43.1 cm³/mol. The molecule has 3 nitrogen and oxygen atoms in total. The average Bonchev–Trinajstić information content (AvgIpc) is 1.99. The molecule has 0 saturated heterocycles. The minimum absolute atomic E-state index is 0.0382. The molecule has 0 bridgehead atoms. The molecule has 1 heterocycles. The van der Waals surface area contributed by atoms with Gasteiger partial charge in [0.15, 0.2) is 5.75 Å². The number of H-pyrrole nitrogens is 1. The molecule has 1 aromatic rings. The molecule has 0 atom stereocenters. The number of hydrogen-bond donors (Lipinski definition) is 1. The Hall–Kier alpha value is -1.25. The van der Waals surface area contributed by atoms with Crippen LogP contribution >= 0.6 is 0 Å². The lowest BCUT2D eigenvalue weighted by atomic mass is 10.2. The van der Waals surface area contributed by atoms with Crippen LogP contribution in [0.2, 0.25) is 0 Å². The first-order chi connectivity index (χ1) is 5.16. The Kier molecular flexibility index (Phi) is 1.98. The molecule has 11 heavy (non-hydrogen) atoms. The fourth-order valence-electron chi connectivity index (χ4n) is 0.943. The summed E-state index contributed by atoms with van der Waals surface area (Å²) in [6, 6.07) is 0. The lowest BCUT2D eigenvalue weighted by Crippen LogP contribution is -2.10. The van der Waals surface area contributed by atoms with Crippen molar-refractivity contribution in [2.75, 3.05) is 7.11 Å². The summed E-state index contributed by atoms with van der Waals surface area (Å²) in [5.41, 5.74) is 1.40. The van der Waals surface area contributed by atoms with Gasteiger partial charge in [0.2, 0.25) is 5.43 Å². The third kappa shape index (κ3) is 1.27. The molecule has 1 rings (SSSR count). The van der Waals surface area contributed by atoms with Crippen molar-refractivity contribution in [2.24, 2.45) is 0 Å². The van der Waals surface area contributed by atoms with Gasteiger partial charge in [0.05, 0.1) is 12.8 Å². The van der Waals surface area contributed by atoms with E-state index >= 15 is 0 Å². The molecule has 0 unspecified atom stereocenters. The number of aromatic amines is 1. The van der Waals surface area contributed by atoms with E-state index in [1.807, 2.05) is 0 Å². The van der Waals surface area contributed by atoms with Gasteiger partial charge in [-0.05, 0) is 13.8 Å². The lowest BCUT2D eigenvalue weighted by molar-refractivity contribution is 0.404. The average molecular weight is 153 g/mol. The molecule has 0 aromatic carbocycles. The summed E-state index contributed by atoms with van der Waals surface area (Å²) < 4.78 is 4.91. The Morgan fingerprint density at radius 2 is 2.09 bits per heavy atom. The Morgan fingerprint density at radius 1 is 1.45 bits per heavy atom. The summed E-state index contributed by atoms with van der Waals surface area (Å²) in [5, 5.41) is 0. The summed E-state index contributed by atoms with van der Waals surface area (Å²) in [6.45, 7) is 3.56. The van der Waals surface area contributed by atoms with Gasteiger partial charge in [-0.25, -0.2) is 0 Å². The lowest BCUT2D eigenvalue weighted by Gasteiger charge is -2.03. The second kappa shape index (κ2) is 2.78. The van der Waals surface area contributed by atoms with Crippen molar-refractivity contribution in [3.63, 3.8) is 0 Å². The minimum Gasteiger partial charge on any atom is -0.491 e. The van der Waals surface area contributed by atoms with Crippen molar-refractivity contribution in [2.45, 2.75) is 13.8 Å². The maximum absolute atomic E-state index is 11.3. The summed E-state index contributed by atoms with van der Waals surface area (Å²) in [5.74, 6) is 0.407. The molecule has 0 radical (unpaired) electrons. The third-order valence-electron chi connectivity index (χ3n) is 1.61. The molecular weight excluding hydrogens is 142 g/mol. The largest absolute Gasteiger partial charge is 0.491 e. The number of nitrogens with one attached hydrogen (secondary N) is 1. The van der Waals surface area contributed by atoms with E-state index in [-0.39, 0.29) is 5.43 Å². The van der Waals surface area contributed by atoms with E-state index in [2.05, 4.69) is 4.98 Å². The topological polar surface area (TPSA) is 42.1 Å². The molecular formula is C8H11NO2. The van der Waals surface area contributed by atoms with Crippen molar-refractivity contribution in [3.8, 4) is 5.75 Å². The van der Waals surface area contributed by atoms with Crippen molar-refractivity contribution < 1.29 is 4.74 Å². The minimum atomic E-state index is -0.0382. The highest BCUT2D eigenvalue weighted by Gasteiger charge is 2.04. The zero-order chi connectivity index (χ0) is 8.43. The number of ether oxygens (including phenoxy) is 1. The van der Waals surface area contributed by atoms with Gasteiger partial charge in [-0.2, -0.15) is 0 Å². The maximum Gasteiger partial charge on any atom is 0.226 e. The van der Waals surface area contributed by atoms with Gasteiger partial charge in [-0.15, -0.1) is 0 Å². The van der Waals surface area contributed by atoms with E-state index in [9.17, 15) is 4.79 Å². The maximum atomic E-state index is 11.3. The molecule has 0 saturated carbocycles. The van der Waals surface area contributed by atoms with Gasteiger partial charge >= 0.3 is 0 Å². The molecule has 3 heteroatoms. The highest BCUT2D eigenvalue weighted by molar-refractivity contribution is 5.29. The number of aromatic nitrogens is 1. The Bertz CT molecular complexity index is 314. The molecule has 0 aliphatic carbocycles. The van der Waals surface area contributed by atoms with Gasteiger partial charge in [-0.1, -0.05) is 0 Å². The van der Waals surface area contributed by atoms with Crippen LogP contribution in [0.5, 0.6) is 5.75 Å². The first kappa shape index (κ1) is 7.85. The normalized spacial score (nSPS) is 9.73. The Balaban J connectivity index is 3.41. The van der Waals surface area contributed by atoms with Crippen LogP contribution in [0.1, 0.15) is 11.3 Å². The second-order valence-electron chi connectivity index (χ2n) is 2.46. The van der Waals surface area contributed by atoms with E-state index in [4.69, 9.17) is 4.74 Å². The van der Waals surface area contributed by atoms with Gasteiger partial charge in [0.1, 0.15) is 0 Å². The monoisotopic (exact) mass is 153 g/mol. The Labute approximate surface area is 65.0 Å². The van der Waals surface area contributed by atoms with Crippen molar-refractivity contribution in [3.05, 3.63) is 27.7 Å². The molecule has 0 spiro atoms. The standard InChI is InChI=1S/C8H11NO2/c1-5-4-9-6(2)8(11-3)7(5)10/h4H,1-3H3,(H,9,10). The molecule has 0 fully saturated rings. The fraction of sp³-hybridized carbons (Fsp3) is 0.375. The number of aryl methyl sites for hydroxylation is 2. The van der Waals surface area contributed by atoms with E-state index < -0.39 is 0 Å². The zero-order valence-corrected chi connectivity index (χ0v) is 6.89. The van der Waals surface area contributed by atoms with Crippen molar-refractivity contribution >= 4 is 0 Å². The SMILES string of the molecule is COc1c(C)[nH]cc(C)c1=O. The molecule has 0 aliphatic heterocycles. The smallest absolute Gasteiger partial charge is 0.226 e. The van der Waals surface area contributed by atoms with Crippen LogP contribution in [0.25, 0.3) is 0 Å². The summed E-state index contributed by atoms with van der Waals surface area (Å²) in [7, 11) is 1.50. The molecule has 60 valence electrons. The van der Waals surface area contributed by atoms with Crippen LogP contribution in [0.3, 0.4) is 0 Å². The van der Waals surface area contributed by atoms with Crippen LogP contribution in [-0.2, 0) is 0 Å². The van der Waals surface area contributed by atoms with Crippen LogP contribution in [0, 0.1) is 13.8 Å². The number of rotatable bonds is 1. The Morgan fingerprint density at radius 3 is 2.55 bits per heavy atom. The highest BCUT2D eigenvalue weighted by Crippen LogP contribution is 2.07. The van der Waals surface area contributed by atoms with Crippen molar-refractivity contribution in [1.82, 2.24) is 4.98 Å². The van der Waals surface area contributed by atoms with Crippen LogP contribution in [-0.4, -0.2) is 12.1 Å². The van der Waals surface area contributed by atoms with Gasteiger partial charge in [0, 0.05) is 11.8 Å². The van der Waals surface area contributed by atoms with E-state index in [1.165, 1.54) is 7.11 Å². The summed E-state index contributed by atoms with van der Waals surface area (Å²) >= 11 is 0. The zero-order valence-electron chi connectivity index (χ0n) is 6.89. The quantitative estimate of drug-likeness (QED) is 0.654. The van der Waals surface area contributed by atoms with E-state index in [0.717, 1.165) is 5.69 Å². The van der Waals surface area contributed by atoms with Gasteiger partial charge in [-0.3, -0.25) is 4.79 Å². The predicted octanol–water partition coefficient (Wildman–Crippen LogP) is 1.00. The third-order valence-corrected chi connectivity index (χ3v) is 1.61. The number of hydrogen-bond acceptors (Lipinski definition) is 2. The number of pyridine rings is 1. The van der Waals surface area contributed by atoms with Crippen LogP contribution < -0.4 is 10.2 Å². The summed E-state index contributed by atoms with van der Waals surface area (Å²) in [6.07, 6.45) is 1.68. The molecule has 0 amide bonds. The van der Waals surface area contributed by atoms with Gasteiger partial charge < -0.3 is 9.72 Å². The highest BCUT2D eigenvalue weighted by atomic mass is 16.5. The first-order valence-corrected chi connectivity index (χ1v) is 3.39. The second-order valence-corrected chi connectivity index (χ2v) is 2.46. The number of methoxy groups -OCH3 is 1. The van der Waals surface area contributed by atoms with E-state index in [1.54, 1.807) is 20.0 Å². The van der Waals surface area contributed by atoms with Crippen LogP contribution in [0.4, 0.5) is 0 Å². The van der Waals surface area contributed by atoms with Crippen LogP contribution in [0.15, 0.2) is 11.0 Å². The molecule has 1 aromatic heterocycles. The van der Waals surface area contributed by atoms with Crippen molar-refractivity contribution in [1.29, 1.82) is 0 Å². The van der Waals surface area contributed by atoms with E-state index in [0.29, 0.717) is 11.3 Å². The van der Waals surface area contributed by atoms with Gasteiger partial charge in [0.25, 0.3) is 0 Å². The fourth-order valence-corrected chi connectivity index (χ4v) is 0.943. The first-order valence-electron chi connectivity index (χ1n) is 3.39. The molecule has 0 aliphatic rings. The molecule has 1 N–H and O–H groups in total. The summed E-state index contributed by atoms with van der Waals surface area (Å²) in [4.78, 5) is 14.2.